The van der Waals surface area contributed by atoms with Gasteiger partial charge < -0.3 is 10.0 Å². The molecule has 1 N–H and O–H groups in total. The van der Waals surface area contributed by atoms with E-state index in [0.29, 0.717) is 19.6 Å². The molecule has 0 radical (unpaired) electrons. The minimum absolute atomic E-state index is 0.0556. The number of rotatable bonds is 6. The van der Waals surface area contributed by atoms with Gasteiger partial charge in [0.05, 0.1) is 12.0 Å². The Hall–Kier alpha value is -1.88. The molecule has 5 nitrogen and oxygen atoms in total. The number of hydrogen-bond acceptors (Lipinski definition) is 3. The van der Waals surface area contributed by atoms with Crippen LogP contribution in [0, 0.1) is 11.3 Å². The highest BCUT2D eigenvalue weighted by Crippen LogP contribution is 2.48. The summed E-state index contributed by atoms with van der Waals surface area (Å²) in [5.41, 5.74) is 1.79. The maximum absolute atomic E-state index is 12.6. The predicted octanol–water partition coefficient (Wildman–Crippen LogP) is 2.39. The molecule has 2 fully saturated rings. The molecule has 2 aliphatic rings. The first-order valence-corrected chi connectivity index (χ1v) is 9.22. The van der Waals surface area contributed by atoms with Crippen LogP contribution in [0.4, 0.5) is 0 Å². The monoisotopic (exact) mass is 344 g/mol. The third-order valence-corrected chi connectivity index (χ3v) is 6.00. The van der Waals surface area contributed by atoms with Gasteiger partial charge >= 0.3 is 5.97 Å². The molecular weight excluding hydrogens is 316 g/mol. The molecule has 0 bridgehead atoms. The van der Waals surface area contributed by atoms with Gasteiger partial charge in [0.1, 0.15) is 0 Å². The highest BCUT2D eigenvalue weighted by atomic mass is 16.4. The molecule has 0 aromatic heterocycles. The Labute approximate surface area is 149 Å². The standard InChI is InChI=1S/C20H28N2O3/c1-3-15-6-8-16(9-7-15)11-21(2)18(23)13-22-12-17-5-4-10-20(17,14-22)19(24)25/h6-9,17H,3-5,10-14H2,1-2H3,(H,24,25)/t17-,20+/m0/s1. The molecule has 0 unspecified atom stereocenters. The number of nitrogens with zero attached hydrogens (tertiary/aromatic N) is 2. The zero-order valence-corrected chi connectivity index (χ0v) is 15.2. The van der Waals surface area contributed by atoms with Crippen LogP contribution in [-0.2, 0) is 22.6 Å². The van der Waals surface area contributed by atoms with Crippen molar-refractivity contribution in [2.75, 3.05) is 26.7 Å². The first-order valence-electron chi connectivity index (χ1n) is 9.22. The molecule has 1 saturated carbocycles. The van der Waals surface area contributed by atoms with Crippen molar-refractivity contribution in [2.45, 2.75) is 39.2 Å². The zero-order chi connectivity index (χ0) is 18.0. The molecule has 1 amide bonds. The van der Waals surface area contributed by atoms with E-state index in [-0.39, 0.29) is 11.8 Å². The summed E-state index contributed by atoms with van der Waals surface area (Å²) in [5, 5.41) is 9.65. The number of carboxylic acid groups (broad SMARTS) is 1. The lowest BCUT2D eigenvalue weighted by Gasteiger charge is -2.24. The van der Waals surface area contributed by atoms with Gasteiger partial charge in [0.15, 0.2) is 0 Å². The van der Waals surface area contributed by atoms with Gasteiger partial charge in [0.25, 0.3) is 0 Å². The van der Waals surface area contributed by atoms with Gasteiger partial charge in [-0.05, 0) is 36.3 Å². The van der Waals surface area contributed by atoms with Gasteiger partial charge in [-0.15, -0.1) is 0 Å². The van der Waals surface area contributed by atoms with Crippen molar-refractivity contribution < 1.29 is 14.7 Å². The SMILES string of the molecule is CCc1ccc(CN(C)C(=O)CN2C[C@@H]3CCC[C@@]3(C(=O)O)C2)cc1. The van der Waals surface area contributed by atoms with E-state index < -0.39 is 11.4 Å². The van der Waals surface area contributed by atoms with Crippen LogP contribution in [0.15, 0.2) is 24.3 Å². The third kappa shape index (κ3) is 3.56. The maximum atomic E-state index is 12.6. The van der Waals surface area contributed by atoms with Crippen molar-refractivity contribution in [1.82, 2.24) is 9.80 Å². The number of amides is 1. The largest absolute Gasteiger partial charge is 0.481 e. The van der Waals surface area contributed by atoms with Gasteiger partial charge in [-0.1, -0.05) is 37.6 Å². The van der Waals surface area contributed by atoms with Gasteiger partial charge in [-0.2, -0.15) is 0 Å². The van der Waals surface area contributed by atoms with Crippen LogP contribution in [0.5, 0.6) is 0 Å². The highest BCUT2D eigenvalue weighted by molar-refractivity contribution is 5.79. The average molecular weight is 344 g/mol. The topological polar surface area (TPSA) is 60.9 Å². The number of aryl methyl sites for hydroxylation is 1. The second-order valence-corrected chi connectivity index (χ2v) is 7.64. The number of carbonyl (C=O) groups excluding carboxylic acids is 1. The molecule has 5 heteroatoms. The average Bonchev–Trinajstić information content (AvgIpc) is 3.13. The number of benzene rings is 1. The van der Waals surface area contributed by atoms with E-state index in [1.165, 1.54) is 5.56 Å². The van der Waals surface area contributed by atoms with Crippen LogP contribution >= 0.6 is 0 Å². The lowest BCUT2D eigenvalue weighted by Crippen LogP contribution is -2.40. The summed E-state index contributed by atoms with van der Waals surface area (Å²) in [5.74, 6) is -0.431. The van der Waals surface area contributed by atoms with E-state index >= 15 is 0 Å². The number of likely N-dealkylation sites (tertiary alicyclic amines) is 1. The van der Waals surface area contributed by atoms with E-state index in [2.05, 4.69) is 31.2 Å². The normalized spacial score (nSPS) is 25.8. The van der Waals surface area contributed by atoms with Gasteiger partial charge in [-0.3, -0.25) is 14.5 Å². The van der Waals surface area contributed by atoms with E-state index in [4.69, 9.17) is 0 Å². The van der Waals surface area contributed by atoms with Crippen molar-refractivity contribution in [3.63, 3.8) is 0 Å². The van der Waals surface area contributed by atoms with Crippen LogP contribution in [0.2, 0.25) is 0 Å². The Balaban J connectivity index is 1.56. The molecular formula is C20H28N2O3. The van der Waals surface area contributed by atoms with Crippen LogP contribution in [-0.4, -0.2) is 53.5 Å². The summed E-state index contributed by atoms with van der Waals surface area (Å²) < 4.78 is 0. The molecule has 1 aliphatic heterocycles. The van der Waals surface area contributed by atoms with E-state index in [0.717, 1.165) is 37.8 Å². The lowest BCUT2D eigenvalue weighted by atomic mass is 9.81. The molecule has 136 valence electrons. The molecule has 1 aromatic rings. The molecule has 25 heavy (non-hydrogen) atoms. The van der Waals surface area contributed by atoms with Gasteiger partial charge in [0.2, 0.25) is 5.91 Å². The van der Waals surface area contributed by atoms with Crippen LogP contribution in [0.3, 0.4) is 0 Å². The fourth-order valence-corrected chi connectivity index (χ4v) is 4.42. The van der Waals surface area contributed by atoms with E-state index in [9.17, 15) is 14.7 Å². The van der Waals surface area contributed by atoms with Crippen LogP contribution in [0.25, 0.3) is 0 Å². The Morgan fingerprint density at radius 3 is 2.56 bits per heavy atom. The molecule has 2 atom stereocenters. The molecule has 3 rings (SSSR count). The molecule has 1 saturated heterocycles. The number of aliphatic carboxylic acids is 1. The fourth-order valence-electron chi connectivity index (χ4n) is 4.42. The summed E-state index contributed by atoms with van der Waals surface area (Å²) in [7, 11) is 1.82. The Morgan fingerprint density at radius 1 is 1.28 bits per heavy atom. The maximum Gasteiger partial charge on any atom is 0.311 e. The number of carbonyl (C=O) groups is 2. The van der Waals surface area contributed by atoms with Crippen LogP contribution in [0.1, 0.15) is 37.3 Å². The zero-order valence-electron chi connectivity index (χ0n) is 15.2. The smallest absolute Gasteiger partial charge is 0.311 e. The van der Waals surface area contributed by atoms with E-state index in [1.54, 1.807) is 4.90 Å². The summed E-state index contributed by atoms with van der Waals surface area (Å²) >= 11 is 0. The quantitative estimate of drug-likeness (QED) is 0.861. The number of hydrogen-bond donors (Lipinski definition) is 1. The minimum Gasteiger partial charge on any atom is -0.481 e. The van der Waals surface area contributed by atoms with Crippen molar-refractivity contribution in [3.8, 4) is 0 Å². The van der Waals surface area contributed by atoms with Gasteiger partial charge in [0, 0.05) is 26.7 Å². The molecule has 0 spiro atoms. The minimum atomic E-state index is -0.686. The Kier molecular flexibility index (Phi) is 5.13. The van der Waals surface area contributed by atoms with Gasteiger partial charge in [-0.25, -0.2) is 0 Å². The second kappa shape index (κ2) is 7.16. The lowest BCUT2D eigenvalue weighted by molar-refractivity contribution is -0.149. The first kappa shape index (κ1) is 17.9. The van der Waals surface area contributed by atoms with Crippen molar-refractivity contribution in [3.05, 3.63) is 35.4 Å². The Bertz CT molecular complexity index is 643. The number of fused-ring (bicyclic) bond motifs is 1. The molecule has 1 aliphatic carbocycles. The van der Waals surface area contributed by atoms with Crippen LogP contribution < -0.4 is 0 Å². The van der Waals surface area contributed by atoms with Crippen molar-refractivity contribution in [2.24, 2.45) is 11.3 Å². The summed E-state index contributed by atoms with van der Waals surface area (Å²) in [6, 6.07) is 8.35. The third-order valence-electron chi connectivity index (χ3n) is 6.00. The summed E-state index contributed by atoms with van der Waals surface area (Å²) in [6.07, 6.45) is 3.72. The number of likely N-dealkylation sites (N-methyl/N-ethyl adjacent to an activating group) is 1. The highest BCUT2D eigenvalue weighted by Gasteiger charge is 2.54. The summed E-state index contributed by atoms with van der Waals surface area (Å²) in [6.45, 7) is 4.27. The van der Waals surface area contributed by atoms with Crippen molar-refractivity contribution in [1.29, 1.82) is 0 Å². The Morgan fingerprint density at radius 2 is 1.96 bits per heavy atom. The van der Waals surface area contributed by atoms with Crippen molar-refractivity contribution >= 4 is 11.9 Å². The molecule has 1 heterocycles. The van der Waals surface area contributed by atoms with E-state index in [1.807, 2.05) is 11.9 Å². The molecule has 1 aromatic carbocycles. The fraction of sp³-hybridized carbons (Fsp3) is 0.600. The number of carboxylic acids is 1. The predicted molar refractivity (Wildman–Crippen MR) is 96.1 cm³/mol. The second-order valence-electron chi connectivity index (χ2n) is 7.64. The first-order chi connectivity index (χ1) is 11.9. The summed E-state index contributed by atoms with van der Waals surface area (Å²) in [4.78, 5) is 28.1.